The molecule has 0 spiro atoms. The van der Waals surface area contributed by atoms with Gasteiger partial charge in [-0.25, -0.2) is 0 Å². The van der Waals surface area contributed by atoms with Crippen LogP contribution in [0, 0.1) is 5.92 Å². The zero-order valence-corrected chi connectivity index (χ0v) is 14.6. The van der Waals surface area contributed by atoms with Crippen LogP contribution in [0.4, 0.5) is 4.79 Å². The van der Waals surface area contributed by atoms with Crippen molar-refractivity contribution in [2.75, 3.05) is 6.61 Å². The van der Waals surface area contributed by atoms with E-state index in [1.165, 1.54) is 4.46 Å². The van der Waals surface area contributed by atoms with Crippen LogP contribution >= 0.6 is 0 Å². The number of carbonyl (C=O) groups is 1. The molecule has 1 aromatic rings. The molecule has 0 saturated carbocycles. The summed E-state index contributed by atoms with van der Waals surface area (Å²) >= 11 is 0.379. The second-order valence-corrected chi connectivity index (χ2v) is 7.86. The van der Waals surface area contributed by atoms with E-state index in [4.69, 9.17) is 4.74 Å². The van der Waals surface area contributed by atoms with Crippen LogP contribution in [0.2, 0.25) is 5.32 Å². The molecular weight excluding hydrogens is 331 g/mol. The maximum absolute atomic E-state index is 12.1. The molecule has 1 amide bonds. The molecule has 21 heavy (non-hydrogen) atoms. The minimum atomic E-state index is -0.241. The molecule has 0 aliphatic carbocycles. The molecule has 1 fully saturated rings. The summed E-state index contributed by atoms with van der Waals surface area (Å²) in [7, 11) is 0. The SMILES string of the molecule is CCOC(=O)N1NC(C(C)C)CC1C[Se]c1ccccc1. The third kappa shape index (κ3) is 4.47. The fourth-order valence-corrected chi connectivity index (χ4v) is 4.54. The second-order valence-electron chi connectivity index (χ2n) is 5.56. The van der Waals surface area contributed by atoms with Gasteiger partial charge in [0.2, 0.25) is 0 Å². The molecule has 2 rings (SSSR count). The molecule has 1 aliphatic rings. The van der Waals surface area contributed by atoms with Crippen molar-refractivity contribution >= 4 is 25.5 Å². The van der Waals surface area contributed by atoms with E-state index in [0.717, 1.165) is 11.7 Å². The number of amides is 1. The Hall–Kier alpha value is -1.03. The predicted molar refractivity (Wildman–Crippen MR) is 85.7 cm³/mol. The summed E-state index contributed by atoms with van der Waals surface area (Å²) in [6, 6.07) is 11.1. The Morgan fingerprint density at radius 2 is 2.14 bits per heavy atom. The monoisotopic (exact) mass is 356 g/mol. The van der Waals surface area contributed by atoms with Crippen molar-refractivity contribution in [3.63, 3.8) is 0 Å². The van der Waals surface area contributed by atoms with E-state index in [2.05, 4.69) is 43.5 Å². The van der Waals surface area contributed by atoms with Crippen LogP contribution in [0.1, 0.15) is 27.2 Å². The Bertz CT molecular complexity index is 453. The number of carbonyl (C=O) groups excluding carboxylic acids is 1. The van der Waals surface area contributed by atoms with Crippen molar-refractivity contribution in [1.82, 2.24) is 10.4 Å². The zero-order valence-electron chi connectivity index (χ0n) is 12.9. The van der Waals surface area contributed by atoms with Gasteiger partial charge in [0.05, 0.1) is 0 Å². The van der Waals surface area contributed by atoms with E-state index in [1.807, 2.05) is 13.0 Å². The molecule has 1 saturated heterocycles. The molecule has 0 bridgehead atoms. The van der Waals surface area contributed by atoms with E-state index < -0.39 is 0 Å². The average molecular weight is 355 g/mol. The first-order chi connectivity index (χ1) is 10.1. The Balaban J connectivity index is 1.98. The number of nitrogens with zero attached hydrogens (tertiary/aromatic N) is 1. The van der Waals surface area contributed by atoms with Gasteiger partial charge in [0, 0.05) is 0 Å². The fraction of sp³-hybridized carbons (Fsp3) is 0.562. The predicted octanol–water partition coefficient (Wildman–Crippen LogP) is 2.19. The Morgan fingerprint density at radius 3 is 2.76 bits per heavy atom. The van der Waals surface area contributed by atoms with E-state index in [9.17, 15) is 4.79 Å². The van der Waals surface area contributed by atoms with Gasteiger partial charge in [0.15, 0.2) is 0 Å². The number of benzene rings is 1. The molecule has 1 aliphatic heterocycles. The normalized spacial score (nSPS) is 21.8. The molecular formula is C16H24N2O2Se. The van der Waals surface area contributed by atoms with Crippen molar-refractivity contribution in [3.8, 4) is 0 Å². The number of hydrazine groups is 1. The third-order valence-electron chi connectivity index (χ3n) is 3.65. The molecule has 116 valence electrons. The van der Waals surface area contributed by atoms with Crippen LogP contribution in [0.5, 0.6) is 0 Å². The van der Waals surface area contributed by atoms with Gasteiger partial charge in [-0.2, -0.15) is 0 Å². The molecule has 1 N–H and O–H groups in total. The standard InChI is InChI=1S/C16H24N2O2Se/c1-4-20-16(19)18-13(10-15(17-18)12(2)3)11-21-14-8-6-5-7-9-14/h5-9,12-13,15,17H,4,10-11H2,1-3H3. The summed E-state index contributed by atoms with van der Waals surface area (Å²) in [6.07, 6.45) is 0.764. The maximum atomic E-state index is 12.1. The Kier molecular flexibility index (Phi) is 6.09. The van der Waals surface area contributed by atoms with Crippen molar-refractivity contribution in [1.29, 1.82) is 0 Å². The first-order valence-electron chi connectivity index (χ1n) is 7.51. The summed E-state index contributed by atoms with van der Waals surface area (Å²) in [5, 5.41) is 2.74. The minimum absolute atomic E-state index is 0.233. The van der Waals surface area contributed by atoms with Crippen molar-refractivity contribution < 1.29 is 9.53 Å². The average Bonchev–Trinajstić information content (AvgIpc) is 2.91. The van der Waals surface area contributed by atoms with E-state index >= 15 is 0 Å². The fourth-order valence-electron chi connectivity index (χ4n) is 2.40. The van der Waals surface area contributed by atoms with Crippen LogP contribution in [0.25, 0.3) is 0 Å². The van der Waals surface area contributed by atoms with Crippen LogP contribution in [-0.4, -0.2) is 44.7 Å². The number of nitrogens with one attached hydrogen (secondary N) is 1. The van der Waals surface area contributed by atoms with Crippen molar-refractivity contribution in [2.24, 2.45) is 5.92 Å². The Labute approximate surface area is 133 Å². The van der Waals surface area contributed by atoms with Gasteiger partial charge >= 0.3 is 133 Å². The van der Waals surface area contributed by atoms with Gasteiger partial charge in [-0.15, -0.1) is 0 Å². The number of hydrogen-bond acceptors (Lipinski definition) is 3. The number of rotatable bonds is 5. The molecule has 0 aromatic heterocycles. The van der Waals surface area contributed by atoms with E-state index in [1.54, 1.807) is 5.01 Å². The molecule has 5 heteroatoms. The summed E-state index contributed by atoms with van der Waals surface area (Å²) < 4.78 is 6.54. The van der Waals surface area contributed by atoms with Crippen LogP contribution in [-0.2, 0) is 4.74 Å². The van der Waals surface area contributed by atoms with Crippen LogP contribution in [0.15, 0.2) is 30.3 Å². The summed E-state index contributed by atoms with van der Waals surface area (Å²) in [5.74, 6) is 0.510. The van der Waals surface area contributed by atoms with Gasteiger partial charge in [0.25, 0.3) is 0 Å². The summed E-state index contributed by atoms with van der Waals surface area (Å²) in [5.41, 5.74) is 3.33. The van der Waals surface area contributed by atoms with Crippen molar-refractivity contribution in [2.45, 2.75) is 44.6 Å². The van der Waals surface area contributed by atoms with Gasteiger partial charge in [-0.1, -0.05) is 0 Å². The molecule has 4 nitrogen and oxygen atoms in total. The van der Waals surface area contributed by atoms with Crippen LogP contribution in [0.3, 0.4) is 0 Å². The number of ether oxygens (including phenoxy) is 1. The zero-order chi connectivity index (χ0) is 15.2. The molecule has 2 atom stereocenters. The van der Waals surface area contributed by atoms with Gasteiger partial charge in [0.1, 0.15) is 0 Å². The van der Waals surface area contributed by atoms with Gasteiger partial charge < -0.3 is 0 Å². The molecule has 1 heterocycles. The topological polar surface area (TPSA) is 41.6 Å². The summed E-state index contributed by atoms with van der Waals surface area (Å²) in [4.78, 5) is 12.1. The van der Waals surface area contributed by atoms with Gasteiger partial charge in [-0.05, 0) is 0 Å². The van der Waals surface area contributed by atoms with Crippen LogP contribution < -0.4 is 9.89 Å². The van der Waals surface area contributed by atoms with E-state index in [0.29, 0.717) is 33.5 Å². The summed E-state index contributed by atoms with van der Waals surface area (Å²) in [6.45, 7) is 6.63. The first kappa shape index (κ1) is 16.3. The Morgan fingerprint density at radius 1 is 1.43 bits per heavy atom. The van der Waals surface area contributed by atoms with Gasteiger partial charge in [-0.3, -0.25) is 0 Å². The second kappa shape index (κ2) is 7.83. The first-order valence-corrected chi connectivity index (χ1v) is 9.58. The molecule has 0 radical (unpaired) electrons. The van der Waals surface area contributed by atoms with Crippen molar-refractivity contribution in [3.05, 3.63) is 30.3 Å². The third-order valence-corrected chi connectivity index (χ3v) is 6.08. The molecule has 2 unspecified atom stereocenters. The number of hydrogen-bond donors (Lipinski definition) is 1. The molecule has 1 aromatic carbocycles. The quantitative estimate of drug-likeness (QED) is 0.824. The van der Waals surface area contributed by atoms with E-state index in [-0.39, 0.29) is 12.1 Å².